The molecule has 5 aromatic rings. The molecular weight excluding hydrogens is 405 g/mol. The van der Waals surface area contributed by atoms with Crippen molar-refractivity contribution in [3.05, 3.63) is 78.1 Å². The van der Waals surface area contributed by atoms with Gasteiger partial charge in [0.15, 0.2) is 11.5 Å². The molecular formula is C22H17F3N6. The summed E-state index contributed by atoms with van der Waals surface area (Å²) in [6, 6.07) is 9.60. The van der Waals surface area contributed by atoms with Crippen LogP contribution in [0.4, 0.5) is 19.0 Å². The quantitative estimate of drug-likeness (QED) is 0.426. The number of anilines is 1. The van der Waals surface area contributed by atoms with Crippen molar-refractivity contribution in [2.45, 2.75) is 13.3 Å². The summed E-state index contributed by atoms with van der Waals surface area (Å²) >= 11 is 0. The summed E-state index contributed by atoms with van der Waals surface area (Å²) in [6.07, 6.45) is 3.51. The molecule has 31 heavy (non-hydrogen) atoms. The minimum atomic E-state index is -0.575. The number of para-hydroxylation sites is 1. The fourth-order valence-electron chi connectivity index (χ4n) is 3.17. The number of nitrogens with two attached hydrogens (primary N) is 1. The minimum Gasteiger partial charge on any atom is -0.382 e. The molecule has 0 radical (unpaired) electrons. The van der Waals surface area contributed by atoms with Crippen LogP contribution in [0.5, 0.6) is 0 Å². The van der Waals surface area contributed by atoms with Gasteiger partial charge in [0, 0.05) is 10.9 Å². The molecule has 0 amide bonds. The van der Waals surface area contributed by atoms with Crippen LogP contribution >= 0.6 is 0 Å². The smallest absolute Gasteiger partial charge is 0.182 e. The average molecular weight is 422 g/mol. The maximum absolute atomic E-state index is 14.0. The van der Waals surface area contributed by atoms with Gasteiger partial charge in [0.25, 0.3) is 0 Å². The summed E-state index contributed by atoms with van der Waals surface area (Å²) in [6.45, 7) is 1.89. The number of halogens is 3. The van der Waals surface area contributed by atoms with Gasteiger partial charge in [-0.2, -0.15) is 0 Å². The molecule has 0 aliphatic rings. The number of rotatable bonds is 2. The average Bonchev–Trinajstić information content (AvgIpc) is 3.26. The Kier molecular flexibility index (Phi) is 5.48. The zero-order valence-corrected chi connectivity index (χ0v) is 16.4. The van der Waals surface area contributed by atoms with Crippen LogP contribution in [0.3, 0.4) is 0 Å². The van der Waals surface area contributed by atoms with Crippen LogP contribution in [0.2, 0.25) is 0 Å². The number of aromatic nitrogens is 5. The van der Waals surface area contributed by atoms with Crippen molar-refractivity contribution in [2.24, 2.45) is 0 Å². The van der Waals surface area contributed by atoms with Gasteiger partial charge in [-0.3, -0.25) is 0 Å². The van der Waals surface area contributed by atoms with Crippen LogP contribution in [0.25, 0.3) is 33.3 Å². The van der Waals surface area contributed by atoms with Crippen molar-refractivity contribution < 1.29 is 13.2 Å². The van der Waals surface area contributed by atoms with Gasteiger partial charge in [-0.1, -0.05) is 19.1 Å². The highest BCUT2D eigenvalue weighted by molar-refractivity contribution is 5.84. The SMILES string of the molecule is CCc1cc2cccc(F)c2nc1-c1cc(F)ccc1F.Nc1ncnc2nc[nH]c12. The number of nitrogen functional groups attached to an aromatic ring is 1. The third kappa shape index (κ3) is 4.02. The second-order valence-corrected chi connectivity index (χ2v) is 6.65. The molecule has 0 saturated carbocycles. The number of H-pyrrole nitrogens is 1. The lowest BCUT2D eigenvalue weighted by atomic mass is 10.0. The predicted molar refractivity (Wildman–Crippen MR) is 113 cm³/mol. The predicted octanol–water partition coefficient (Wildman–Crippen LogP) is 4.82. The first-order valence-corrected chi connectivity index (χ1v) is 9.41. The van der Waals surface area contributed by atoms with E-state index in [1.54, 1.807) is 18.2 Å². The van der Waals surface area contributed by atoms with Gasteiger partial charge in [0.1, 0.15) is 34.8 Å². The Morgan fingerprint density at radius 3 is 2.58 bits per heavy atom. The summed E-state index contributed by atoms with van der Waals surface area (Å²) in [4.78, 5) is 18.6. The number of hydrogen-bond acceptors (Lipinski definition) is 5. The third-order valence-electron chi connectivity index (χ3n) is 4.69. The second kappa shape index (κ2) is 8.39. The van der Waals surface area contributed by atoms with E-state index in [1.807, 2.05) is 6.92 Å². The fraction of sp³-hybridized carbons (Fsp3) is 0.0909. The Morgan fingerprint density at radius 1 is 0.968 bits per heavy atom. The summed E-state index contributed by atoms with van der Waals surface area (Å²) in [5.41, 5.74) is 8.02. The lowest BCUT2D eigenvalue weighted by molar-refractivity contribution is 0.602. The Hall–Kier alpha value is -4.01. The summed E-state index contributed by atoms with van der Waals surface area (Å²) in [5, 5.41) is 0.646. The van der Waals surface area contributed by atoms with Gasteiger partial charge in [0.05, 0.1) is 12.0 Å². The lowest BCUT2D eigenvalue weighted by Gasteiger charge is -2.11. The Bertz CT molecular complexity index is 1380. The topological polar surface area (TPSA) is 93.4 Å². The standard InChI is InChI=1S/C17H12F3N.C5H5N5/c1-2-10-8-11-4-3-5-15(20)17(11)21-16(10)13-9-12(18)6-7-14(13)19;6-4-3-5(9-1-7-3)10-2-8-4/h3-9H,2H2,1H3;1-2H,(H3,6,7,8,9,10). The Balaban J connectivity index is 0.000000192. The van der Waals surface area contributed by atoms with Crippen LogP contribution in [0.1, 0.15) is 12.5 Å². The van der Waals surface area contributed by atoms with Crippen molar-refractivity contribution in [3.63, 3.8) is 0 Å². The van der Waals surface area contributed by atoms with Gasteiger partial charge < -0.3 is 10.7 Å². The molecule has 2 aromatic carbocycles. The van der Waals surface area contributed by atoms with E-state index in [1.165, 1.54) is 18.7 Å². The van der Waals surface area contributed by atoms with E-state index < -0.39 is 17.5 Å². The number of nitrogens with zero attached hydrogens (tertiary/aromatic N) is 4. The molecule has 9 heteroatoms. The monoisotopic (exact) mass is 422 g/mol. The number of pyridine rings is 1. The van der Waals surface area contributed by atoms with E-state index >= 15 is 0 Å². The number of fused-ring (bicyclic) bond motifs is 2. The third-order valence-corrected chi connectivity index (χ3v) is 4.69. The van der Waals surface area contributed by atoms with Crippen molar-refractivity contribution in [1.29, 1.82) is 0 Å². The first kappa shape index (κ1) is 20.3. The van der Waals surface area contributed by atoms with Gasteiger partial charge in [-0.15, -0.1) is 0 Å². The number of aryl methyl sites for hydroxylation is 1. The van der Waals surface area contributed by atoms with Crippen molar-refractivity contribution >= 4 is 27.9 Å². The highest BCUT2D eigenvalue weighted by atomic mass is 19.1. The molecule has 3 heterocycles. The molecule has 0 aliphatic carbocycles. The van der Waals surface area contributed by atoms with E-state index in [0.29, 0.717) is 28.8 Å². The van der Waals surface area contributed by atoms with Crippen LogP contribution in [0.15, 0.2) is 55.1 Å². The maximum Gasteiger partial charge on any atom is 0.182 e. The molecule has 0 unspecified atom stereocenters. The van der Waals surface area contributed by atoms with Crippen LogP contribution in [-0.2, 0) is 6.42 Å². The van der Waals surface area contributed by atoms with Crippen molar-refractivity contribution in [3.8, 4) is 11.3 Å². The fourth-order valence-corrected chi connectivity index (χ4v) is 3.17. The lowest BCUT2D eigenvalue weighted by Crippen LogP contribution is -1.97. The second-order valence-electron chi connectivity index (χ2n) is 6.65. The Labute approximate surface area is 175 Å². The molecule has 156 valence electrons. The van der Waals surface area contributed by atoms with Crippen LogP contribution < -0.4 is 5.73 Å². The number of aromatic amines is 1. The molecule has 3 N–H and O–H groups in total. The normalized spacial score (nSPS) is 10.8. The molecule has 0 fully saturated rings. The maximum atomic E-state index is 14.0. The van der Waals surface area contributed by atoms with Gasteiger partial charge >= 0.3 is 0 Å². The molecule has 0 bridgehead atoms. The summed E-state index contributed by atoms with van der Waals surface area (Å²) in [5.74, 6) is -1.17. The molecule has 6 nitrogen and oxygen atoms in total. The zero-order valence-electron chi connectivity index (χ0n) is 16.4. The van der Waals surface area contributed by atoms with E-state index in [4.69, 9.17) is 5.73 Å². The molecule has 0 saturated heterocycles. The zero-order chi connectivity index (χ0) is 22.0. The largest absolute Gasteiger partial charge is 0.382 e. The number of nitrogens with one attached hydrogen (secondary N) is 1. The van der Waals surface area contributed by atoms with Crippen LogP contribution in [0, 0.1) is 17.5 Å². The van der Waals surface area contributed by atoms with Gasteiger partial charge in [0.2, 0.25) is 0 Å². The van der Waals surface area contributed by atoms with Gasteiger partial charge in [-0.05, 0) is 42.3 Å². The van der Waals surface area contributed by atoms with Crippen molar-refractivity contribution in [2.75, 3.05) is 5.73 Å². The number of imidazole rings is 1. The van der Waals surface area contributed by atoms with Crippen molar-refractivity contribution in [1.82, 2.24) is 24.9 Å². The number of hydrogen-bond donors (Lipinski definition) is 2. The summed E-state index contributed by atoms with van der Waals surface area (Å²) < 4.78 is 41.2. The first-order valence-electron chi connectivity index (χ1n) is 9.41. The summed E-state index contributed by atoms with van der Waals surface area (Å²) in [7, 11) is 0. The molecule has 0 atom stereocenters. The van der Waals surface area contributed by atoms with Gasteiger partial charge in [-0.25, -0.2) is 33.1 Å². The molecule has 0 aliphatic heterocycles. The molecule has 0 spiro atoms. The highest BCUT2D eigenvalue weighted by Crippen LogP contribution is 2.29. The Morgan fingerprint density at radius 2 is 1.81 bits per heavy atom. The number of benzene rings is 2. The molecule has 5 rings (SSSR count). The van der Waals surface area contributed by atoms with E-state index in [0.717, 1.165) is 23.8 Å². The highest BCUT2D eigenvalue weighted by Gasteiger charge is 2.14. The van der Waals surface area contributed by atoms with Crippen LogP contribution in [-0.4, -0.2) is 24.9 Å². The first-order chi connectivity index (χ1) is 15.0. The van der Waals surface area contributed by atoms with E-state index in [9.17, 15) is 13.2 Å². The minimum absolute atomic E-state index is 0.0528. The van der Waals surface area contributed by atoms with E-state index in [-0.39, 0.29) is 16.8 Å². The molecule has 3 aromatic heterocycles. The van der Waals surface area contributed by atoms with E-state index in [2.05, 4.69) is 24.9 Å².